The Kier molecular flexibility index (Phi) is 12.0. The molecule has 7 heterocycles. The Hall–Kier alpha value is -6.64. The lowest BCUT2D eigenvalue weighted by Crippen LogP contribution is -2.10. The van der Waals surface area contributed by atoms with Gasteiger partial charge in [-0.3, -0.25) is 4.79 Å². The number of nitrogens with one attached hydrogen (secondary N) is 2. The van der Waals surface area contributed by atoms with Gasteiger partial charge in [-0.1, -0.05) is 12.8 Å². The number of hydrogen-bond acceptors (Lipinski definition) is 16. The Bertz CT molecular complexity index is 2510. The van der Waals surface area contributed by atoms with Gasteiger partial charge in [0.2, 0.25) is 30.0 Å². The predicted octanol–water partition coefficient (Wildman–Crippen LogP) is 5.87. The van der Waals surface area contributed by atoms with Crippen LogP contribution in [0, 0.1) is 13.8 Å². The van der Waals surface area contributed by atoms with Gasteiger partial charge in [-0.15, -0.1) is 10.2 Å². The third kappa shape index (κ3) is 8.93. The van der Waals surface area contributed by atoms with Gasteiger partial charge in [0.25, 0.3) is 0 Å². The highest BCUT2D eigenvalue weighted by atomic mass is 19.4. The first-order chi connectivity index (χ1) is 28.5. The van der Waals surface area contributed by atoms with Gasteiger partial charge >= 0.3 is 6.18 Å². The predicted molar refractivity (Wildman–Crippen MR) is 207 cm³/mol. The molecule has 6 aromatic heterocycles. The molecule has 2 aliphatic rings. The van der Waals surface area contributed by atoms with Crippen LogP contribution in [0.1, 0.15) is 72.3 Å². The second kappa shape index (κ2) is 17.5. The molecule has 9 rings (SSSR count). The molecule has 4 N–H and O–H groups in total. The first-order valence-electron chi connectivity index (χ1n) is 18.8. The largest absolute Gasteiger partial charge is 0.497 e. The highest BCUT2D eigenvalue weighted by Gasteiger charge is 2.27. The Morgan fingerprint density at radius 1 is 0.881 bits per heavy atom. The number of fused-ring (bicyclic) bond motifs is 2. The van der Waals surface area contributed by atoms with Gasteiger partial charge in [0.05, 0.1) is 26.6 Å². The molecule has 1 aliphatic carbocycles. The number of carbonyl (C=O) groups is 1. The van der Waals surface area contributed by atoms with Crippen LogP contribution in [0.15, 0.2) is 52.0 Å². The van der Waals surface area contributed by atoms with Crippen LogP contribution in [0.25, 0.3) is 34.5 Å². The van der Waals surface area contributed by atoms with Crippen LogP contribution in [-0.2, 0) is 11.3 Å². The number of aryl methyl sites for hydroxylation is 2. The molecular weight excluding hydrogens is 775 g/mol. The van der Waals surface area contributed by atoms with E-state index < -0.39 is 12.5 Å². The molecule has 1 saturated carbocycles. The molecule has 1 atom stereocenters. The summed E-state index contributed by atoms with van der Waals surface area (Å²) in [7, 11) is 3.28. The Morgan fingerprint density at radius 3 is 2.05 bits per heavy atom. The fraction of sp³-hybridized carbons (Fsp3) is 0.395. The number of rotatable bonds is 9. The van der Waals surface area contributed by atoms with Gasteiger partial charge < -0.3 is 34.7 Å². The van der Waals surface area contributed by atoms with Crippen molar-refractivity contribution in [2.45, 2.75) is 70.5 Å². The summed E-state index contributed by atoms with van der Waals surface area (Å²) in [5.74, 6) is 5.64. The zero-order valence-electron chi connectivity index (χ0n) is 32.7. The maximum absolute atomic E-state index is 10.4. The summed E-state index contributed by atoms with van der Waals surface area (Å²) in [5, 5.41) is 16.1. The van der Waals surface area contributed by atoms with E-state index in [0.717, 1.165) is 77.8 Å². The minimum atomic E-state index is -4.64. The Morgan fingerprint density at radius 2 is 1.49 bits per heavy atom. The van der Waals surface area contributed by atoms with Crippen molar-refractivity contribution in [1.82, 2.24) is 54.4 Å². The number of oxazole rings is 2. The van der Waals surface area contributed by atoms with E-state index in [1.54, 1.807) is 41.9 Å². The molecule has 18 nitrogen and oxygen atoms in total. The minimum absolute atomic E-state index is 0.286. The molecule has 1 aliphatic heterocycles. The number of alkyl halides is 3. The van der Waals surface area contributed by atoms with Crippen molar-refractivity contribution in [2.24, 2.45) is 0 Å². The number of aromatic nitrogens is 10. The van der Waals surface area contributed by atoms with Gasteiger partial charge in [-0.25, -0.2) is 29.9 Å². The molecule has 1 unspecified atom stereocenters. The number of benzene rings is 1. The summed E-state index contributed by atoms with van der Waals surface area (Å²) < 4.78 is 56.3. The van der Waals surface area contributed by atoms with E-state index in [2.05, 4.69) is 35.7 Å². The van der Waals surface area contributed by atoms with Crippen LogP contribution in [0.2, 0.25) is 0 Å². The van der Waals surface area contributed by atoms with Crippen LogP contribution < -0.4 is 25.8 Å². The standard InChI is InChI=1S/C23H26N6O3.C13H15N7O.C2HF3O/c1-14-19(22-24-10-11-32-22)26-23(25-13-16-8-9-17(30-2)12-18(16)31-3)29-21(14)27-20(28-29)15-6-4-5-7-15;1-7-9(12-16-4-5-21-12)17-13(14)20-11(7)18-10(19-20)8-2-3-15-6-8;3-2(4,5)1-6/h8-12,15H,4-7,13H2,1-3H3,(H,25,26);4-5,8,15H,2-3,6H2,1H3,(H2,14,17);1H. The molecule has 21 heteroatoms. The first-order valence-corrected chi connectivity index (χ1v) is 18.8. The fourth-order valence-corrected chi connectivity index (χ4v) is 6.93. The summed E-state index contributed by atoms with van der Waals surface area (Å²) in [4.78, 5) is 35.8. The van der Waals surface area contributed by atoms with E-state index in [0.29, 0.717) is 53.1 Å². The van der Waals surface area contributed by atoms with Crippen molar-refractivity contribution in [1.29, 1.82) is 0 Å². The molecule has 0 amide bonds. The average molecular weight is 818 g/mol. The SMILES string of the molecule is COc1ccc(CNc2nc(-c3ncco3)c(C)c3nc(C4CCCC4)nn23)c(OC)c1.Cc1c(-c2ncco2)nc(N)n2nc(C3CCNC3)nc12.O=CC(F)(F)F. The summed E-state index contributed by atoms with van der Waals surface area (Å²) in [6.07, 6.45) is 6.29. The molecule has 0 spiro atoms. The maximum Gasteiger partial charge on any atom is 0.446 e. The average Bonchev–Trinajstić information content (AvgIpc) is 4.09. The van der Waals surface area contributed by atoms with Gasteiger partial charge in [-0.2, -0.15) is 22.2 Å². The van der Waals surface area contributed by atoms with Crippen LogP contribution >= 0.6 is 0 Å². The number of nitrogens with zero attached hydrogens (tertiary/aromatic N) is 10. The zero-order valence-corrected chi connectivity index (χ0v) is 32.7. The third-order valence-corrected chi connectivity index (χ3v) is 9.97. The number of carbonyl (C=O) groups excluding carboxylic acids is 1. The smallest absolute Gasteiger partial charge is 0.446 e. The second-order valence-corrected chi connectivity index (χ2v) is 13.8. The van der Waals surface area contributed by atoms with Gasteiger partial charge in [0.1, 0.15) is 35.4 Å². The fourth-order valence-electron chi connectivity index (χ4n) is 6.93. The van der Waals surface area contributed by atoms with E-state index in [1.807, 2.05) is 32.0 Å². The molecule has 59 heavy (non-hydrogen) atoms. The lowest BCUT2D eigenvalue weighted by atomic mass is 10.1. The summed E-state index contributed by atoms with van der Waals surface area (Å²) in [6, 6.07) is 5.74. The lowest BCUT2D eigenvalue weighted by Gasteiger charge is -2.13. The minimum Gasteiger partial charge on any atom is -0.497 e. The third-order valence-electron chi connectivity index (χ3n) is 9.97. The van der Waals surface area contributed by atoms with Crippen LogP contribution in [0.3, 0.4) is 0 Å². The van der Waals surface area contributed by atoms with Crippen molar-refractivity contribution < 1.29 is 36.3 Å². The highest BCUT2D eigenvalue weighted by Crippen LogP contribution is 2.34. The summed E-state index contributed by atoms with van der Waals surface area (Å²) in [5.41, 5.74) is 11.4. The van der Waals surface area contributed by atoms with Crippen LogP contribution in [0.4, 0.5) is 25.1 Å². The molecule has 2 fully saturated rings. The number of aldehydes is 1. The van der Waals surface area contributed by atoms with Gasteiger partial charge in [0, 0.05) is 47.7 Å². The second-order valence-electron chi connectivity index (χ2n) is 13.8. The monoisotopic (exact) mass is 817 g/mol. The summed E-state index contributed by atoms with van der Waals surface area (Å²) >= 11 is 0. The first kappa shape index (κ1) is 40.6. The van der Waals surface area contributed by atoms with Crippen molar-refractivity contribution in [3.63, 3.8) is 0 Å². The number of methoxy groups -OCH3 is 2. The van der Waals surface area contributed by atoms with E-state index >= 15 is 0 Å². The van der Waals surface area contributed by atoms with Crippen molar-refractivity contribution >= 4 is 29.5 Å². The highest BCUT2D eigenvalue weighted by molar-refractivity contribution is 5.67. The number of hydrogen-bond donors (Lipinski definition) is 3. The Balaban J connectivity index is 0.000000167. The van der Waals surface area contributed by atoms with E-state index in [-0.39, 0.29) is 5.95 Å². The van der Waals surface area contributed by atoms with E-state index in [4.69, 9.17) is 43.9 Å². The normalized spacial score (nSPS) is 15.5. The Labute approximate surface area is 334 Å². The number of nitrogen functional groups attached to an aromatic ring is 1. The lowest BCUT2D eigenvalue weighted by molar-refractivity contribution is -0.156. The molecule has 1 aromatic carbocycles. The van der Waals surface area contributed by atoms with Crippen molar-refractivity contribution in [2.75, 3.05) is 38.4 Å². The maximum atomic E-state index is 10.4. The summed E-state index contributed by atoms with van der Waals surface area (Å²) in [6.45, 7) is 6.28. The number of halogens is 3. The number of anilines is 2. The van der Waals surface area contributed by atoms with Crippen molar-refractivity contribution in [3.05, 3.63) is 71.5 Å². The van der Waals surface area contributed by atoms with E-state index in [1.165, 1.54) is 19.1 Å². The van der Waals surface area contributed by atoms with Crippen LogP contribution in [0.5, 0.6) is 11.5 Å². The molecule has 0 radical (unpaired) electrons. The quantitative estimate of drug-likeness (QED) is 0.145. The molecule has 1 saturated heterocycles. The zero-order chi connectivity index (χ0) is 41.7. The number of nitrogens with two attached hydrogens (primary N) is 1. The molecular formula is C38H42F3N13O5. The van der Waals surface area contributed by atoms with Crippen molar-refractivity contribution in [3.8, 4) is 34.7 Å². The number of ether oxygens (including phenoxy) is 2. The molecule has 310 valence electrons. The molecule has 0 bridgehead atoms. The van der Waals surface area contributed by atoms with E-state index in [9.17, 15) is 13.2 Å². The van der Waals surface area contributed by atoms with Gasteiger partial charge in [-0.05, 0) is 51.8 Å². The molecule has 7 aromatic rings. The van der Waals surface area contributed by atoms with Gasteiger partial charge in [0.15, 0.2) is 22.9 Å². The topological polar surface area (TPSA) is 224 Å². The van der Waals surface area contributed by atoms with Crippen LogP contribution in [-0.4, -0.2) is 88.9 Å².